The number of halogens is 1. The second-order valence-electron chi connectivity index (χ2n) is 4.66. The first kappa shape index (κ1) is 14.5. The number of nitrogens with zero attached hydrogens (tertiary/aromatic N) is 3. The molecule has 2 aromatic heterocycles. The molecule has 0 aliphatic carbocycles. The van der Waals surface area contributed by atoms with Crippen molar-refractivity contribution in [2.45, 2.75) is 0 Å². The number of carbonyl (C=O) groups is 1. The zero-order chi connectivity index (χ0) is 16.6. The maximum absolute atomic E-state index is 13.8. The van der Waals surface area contributed by atoms with Gasteiger partial charge in [0.2, 0.25) is 0 Å². The molecule has 0 amide bonds. The summed E-state index contributed by atoms with van der Waals surface area (Å²) >= 11 is 0. The Kier molecular flexibility index (Phi) is 3.41. The Hall–Kier alpha value is -3.42. The number of nitrogen functional groups attached to an aromatic ring is 2. The number of aromatic nitrogens is 3. The summed E-state index contributed by atoms with van der Waals surface area (Å²) in [4.78, 5) is 16.1. The van der Waals surface area contributed by atoms with Gasteiger partial charge in [-0.3, -0.25) is 0 Å². The van der Waals surface area contributed by atoms with E-state index in [1.807, 2.05) is 0 Å². The van der Waals surface area contributed by atoms with Gasteiger partial charge >= 0.3 is 5.97 Å². The molecule has 118 valence electrons. The van der Waals surface area contributed by atoms with Gasteiger partial charge in [0.1, 0.15) is 17.7 Å². The lowest BCUT2D eigenvalue weighted by molar-refractivity contribution is 0.0665. The van der Waals surface area contributed by atoms with Crippen LogP contribution < -0.4 is 11.5 Å². The van der Waals surface area contributed by atoms with Crippen LogP contribution in [0.15, 0.2) is 43.6 Å². The molecule has 1 aromatic carbocycles. The second-order valence-corrected chi connectivity index (χ2v) is 4.66. The molecule has 3 aromatic rings. The van der Waals surface area contributed by atoms with Crippen LogP contribution in [0.5, 0.6) is 0 Å². The summed E-state index contributed by atoms with van der Waals surface area (Å²) in [6.07, 6.45) is 3.69. The van der Waals surface area contributed by atoms with Gasteiger partial charge < -0.3 is 16.2 Å². The van der Waals surface area contributed by atoms with E-state index >= 15 is 0 Å². The molecular formula is C15H14FN5O2. The van der Waals surface area contributed by atoms with Crippen LogP contribution in [0.4, 0.5) is 15.9 Å². The van der Waals surface area contributed by atoms with Crippen molar-refractivity contribution in [1.82, 2.24) is 14.6 Å². The molecule has 0 spiro atoms. The van der Waals surface area contributed by atoms with Gasteiger partial charge in [0.25, 0.3) is 0 Å². The Labute approximate surface area is 131 Å². The van der Waals surface area contributed by atoms with Crippen molar-refractivity contribution >= 4 is 23.0 Å². The summed E-state index contributed by atoms with van der Waals surface area (Å²) < 4.78 is 20.0. The van der Waals surface area contributed by atoms with Crippen molar-refractivity contribution in [3.05, 3.63) is 54.9 Å². The molecule has 0 bridgehead atoms. The van der Waals surface area contributed by atoms with E-state index in [4.69, 9.17) is 16.2 Å². The molecule has 7 nitrogen and oxygen atoms in total. The largest absolute Gasteiger partial charge is 0.431 e. The normalized spacial score (nSPS) is 10.7. The van der Waals surface area contributed by atoms with Gasteiger partial charge in [-0.1, -0.05) is 12.6 Å². The Morgan fingerprint density at radius 2 is 2.22 bits per heavy atom. The van der Waals surface area contributed by atoms with Gasteiger partial charge in [-0.25, -0.2) is 18.7 Å². The maximum atomic E-state index is 13.8. The van der Waals surface area contributed by atoms with E-state index in [2.05, 4.69) is 16.7 Å². The third-order valence-corrected chi connectivity index (χ3v) is 3.30. The quantitative estimate of drug-likeness (QED) is 0.436. The lowest BCUT2D eigenvalue weighted by Crippen LogP contribution is -2.01. The standard InChI is InChI=1S/C15H12FN5O2.H2/c1-2-23-15(22)9-6-21-13(14(18)19-7-20-21)12(9)8-3-4-11(17)10(16)5-8;/h2-7H,1,17H2,(H2,18,19,20);1H. The Morgan fingerprint density at radius 1 is 1.43 bits per heavy atom. The van der Waals surface area contributed by atoms with Crippen molar-refractivity contribution in [2.75, 3.05) is 11.5 Å². The smallest absolute Gasteiger partial charge is 0.345 e. The zero-order valence-corrected chi connectivity index (χ0v) is 11.9. The van der Waals surface area contributed by atoms with Crippen LogP contribution in [-0.4, -0.2) is 20.6 Å². The van der Waals surface area contributed by atoms with E-state index < -0.39 is 11.8 Å². The van der Waals surface area contributed by atoms with Gasteiger partial charge in [-0.2, -0.15) is 5.10 Å². The number of nitrogens with two attached hydrogens (primary N) is 2. The number of ether oxygens (including phenoxy) is 1. The SMILES string of the molecule is C=COC(=O)c1cn2ncnc(N)c2c1-c1ccc(N)c(F)c1.[HH]. The van der Waals surface area contributed by atoms with Crippen LogP contribution in [0.25, 0.3) is 16.6 Å². The van der Waals surface area contributed by atoms with Gasteiger partial charge in [0.15, 0.2) is 5.82 Å². The maximum Gasteiger partial charge on any atom is 0.345 e. The number of esters is 1. The van der Waals surface area contributed by atoms with Gasteiger partial charge in [-0.15, -0.1) is 0 Å². The van der Waals surface area contributed by atoms with E-state index in [1.54, 1.807) is 6.07 Å². The van der Waals surface area contributed by atoms with Crippen LogP contribution in [0.1, 0.15) is 11.8 Å². The minimum atomic E-state index is -0.669. The fourth-order valence-electron chi connectivity index (χ4n) is 2.30. The zero-order valence-electron chi connectivity index (χ0n) is 11.9. The van der Waals surface area contributed by atoms with Crippen molar-refractivity contribution in [3.63, 3.8) is 0 Å². The number of fused-ring (bicyclic) bond motifs is 1. The molecule has 0 saturated carbocycles. The predicted molar refractivity (Wildman–Crippen MR) is 84.9 cm³/mol. The van der Waals surface area contributed by atoms with Gasteiger partial charge in [0, 0.05) is 13.2 Å². The molecular weight excluding hydrogens is 301 g/mol. The molecule has 4 N–H and O–H groups in total. The third kappa shape index (κ3) is 2.35. The van der Waals surface area contributed by atoms with Crippen molar-refractivity contribution in [1.29, 1.82) is 0 Å². The summed E-state index contributed by atoms with van der Waals surface area (Å²) in [6.45, 7) is 3.35. The van der Waals surface area contributed by atoms with Crippen molar-refractivity contribution < 1.29 is 15.3 Å². The minimum absolute atomic E-state index is 0. The Morgan fingerprint density at radius 3 is 2.91 bits per heavy atom. The second kappa shape index (κ2) is 5.41. The van der Waals surface area contributed by atoms with E-state index in [0.29, 0.717) is 16.6 Å². The average molecular weight is 315 g/mol. The Balaban J connectivity index is 0.00000208. The summed E-state index contributed by atoms with van der Waals surface area (Å²) in [5.74, 6) is -1.14. The number of benzene rings is 1. The number of carbonyl (C=O) groups excluding carboxylic acids is 1. The summed E-state index contributed by atoms with van der Waals surface area (Å²) in [5, 5.41) is 4.00. The van der Waals surface area contributed by atoms with Crippen LogP contribution in [0, 0.1) is 5.82 Å². The molecule has 0 radical (unpaired) electrons. The molecule has 2 heterocycles. The summed E-state index contributed by atoms with van der Waals surface area (Å²) in [5.41, 5.74) is 12.7. The molecule has 0 aliphatic rings. The predicted octanol–water partition coefficient (Wildman–Crippen LogP) is 2.25. The third-order valence-electron chi connectivity index (χ3n) is 3.30. The molecule has 3 rings (SSSR count). The van der Waals surface area contributed by atoms with Crippen LogP contribution in [0.2, 0.25) is 0 Å². The highest BCUT2D eigenvalue weighted by atomic mass is 19.1. The monoisotopic (exact) mass is 315 g/mol. The fraction of sp³-hybridized carbons (Fsp3) is 0. The lowest BCUT2D eigenvalue weighted by atomic mass is 10.0. The fourth-order valence-corrected chi connectivity index (χ4v) is 2.30. The summed E-state index contributed by atoms with van der Waals surface area (Å²) in [7, 11) is 0. The molecule has 0 fully saturated rings. The first-order valence-corrected chi connectivity index (χ1v) is 6.52. The van der Waals surface area contributed by atoms with Crippen LogP contribution >= 0.6 is 0 Å². The molecule has 0 aliphatic heterocycles. The first-order valence-electron chi connectivity index (χ1n) is 6.52. The number of hydrogen-bond donors (Lipinski definition) is 2. The Bertz CT molecular complexity index is 941. The summed E-state index contributed by atoms with van der Waals surface area (Å²) in [6, 6.07) is 4.18. The van der Waals surface area contributed by atoms with Crippen LogP contribution in [0.3, 0.4) is 0 Å². The van der Waals surface area contributed by atoms with Crippen molar-refractivity contribution in [2.24, 2.45) is 0 Å². The molecule has 0 saturated heterocycles. The lowest BCUT2D eigenvalue weighted by Gasteiger charge is -2.06. The highest BCUT2D eigenvalue weighted by Gasteiger charge is 2.22. The van der Waals surface area contributed by atoms with E-state index in [9.17, 15) is 9.18 Å². The average Bonchev–Trinajstić information content (AvgIpc) is 2.91. The molecule has 23 heavy (non-hydrogen) atoms. The number of hydrogen-bond acceptors (Lipinski definition) is 6. The minimum Gasteiger partial charge on any atom is -0.431 e. The van der Waals surface area contributed by atoms with Gasteiger partial charge in [-0.05, 0) is 17.7 Å². The first-order chi connectivity index (χ1) is 11.0. The van der Waals surface area contributed by atoms with E-state index in [-0.39, 0.29) is 18.5 Å². The highest BCUT2D eigenvalue weighted by molar-refractivity contribution is 6.05. The molecule has 8 heteroatoms. The van der Waals surface area contributed by atoms with E-state index in [1.165, 1.54) is 29.2 Å². The van der Waals surface area contributed by atoms with E-state index in [0.717, 1.165) is 6.26 Å². The molecule has 0 unspecified atom stereocenters. The van der Waals surface area contributed by atoms with Crippen molar-refractivity contribution in [3.8, 4) is 11.1 Å². The van der Waals surface area contributed by atoms with Crippen LogP contribution in [-0.2, 0) is 4.74 Å². The number of rotatable bonds is 3. The molecule has 0 atom stereocenters. The van der Waals surface area contributed by atoms with Gasteiger partial charge in [0.05, 0.1) is 17.5 Å². The topological polar surface area (TPSA) is 109 Å². The number of anilines is 2. The highest BCUT2D eigenvalue weighted by Crippen LogP contribution is 2.34.